The smallest absolute Gasteiger partial charge is 0.410 e. The Bertz CT molecular complexity index is 2430. The zero-order valence-corrected chi connectivity index (χ0v) is 37.2. The predicted molar refractivity (Wildman–Crippen MR) is 227 cm³/mol. The van der Waals surface area contributed by atoms with E-state index in [0.717, 1.165) is 5.56 Å². The Kier molecular flexibility index (Phi) is 13.5. The Morgan fingerprint density at radius 2 is 1.34 bits per heavy atom. The number of tetrazole rings is 1. The van der Waals surface area contributed by atoms with Crippen molar-refractivity contribution in [3.8, 4) is 28.6 Å². The zero-order valence-electron chi connectivity index (χ0n) is 33.5. The third-order valence-corrected chi connectivity index (χ3v) is 13.8. The average Bonchev–Trinajstić information content (AvgIpc) is 3.87. The van der Waals surface area contributed by atoms with E-state index in [0.29, 0.717) is 31.9 Å². The van der Waals surface area contributed by atoms with Crippen molar-refractivity contribution in [2.45, 2.75) is 68.3 Å². The topological polar surface area (TPSA) is 184 Å². The number of nitrogens with one attached hydrogen (secondary N) is 1. The number of hydrogen-bond acceptors (Lipinski definition) is 12. The van der Waals surface area contributed by atoms with Gasteiger partial charge in [0.15, 0.2) is 0 Å². The van der Waals surface area contributed by atoms with Gasteiger partial charge in [0.1, 0.15) is 32.6 Å². The SMILES string of the molecule is COc1ccc(CN(Cc2ccc(OC)cc2)S(=O)(=O)c2c(S(=O)(=O)NC3CCN(C(=O)OC(C)(C)C)C3)ccc(I)c2-c2nnn(Cc3ccc(OC)cc3)n2)cc1. The number of benzene rings is 4. The fourth-order valence-electron chi connectivity index (χ4n) is 6.38. The van der Waals surface area contributed by atoms with Crippen LogP contribution in [0, 0.1) is 3.57 Å². The van der Waals surface area contributed by atoms with Crippen molar-refractivity contribution in [3.05, 3.63) is 105 Å². The van der Waals surface area contributed by atoms with Crippen LogP contribution in [0.5, 0.6) is 17.2 Å². The molecule has 1 aromatic heterocycles. The monoisotopic (exact) mass is 959 g/mol. The number of likely N-dealkylation sites (tertiary alicyclic amines) is 1. The number of amides is 1. The number of carbonyl (C=O) groups is 1. The Hall–Kier alpha value is -4.83. The van der Waals surface area contributed by atoms with E-state index >= 15 is 8.42 Å². The number of halogens is 1. The maximum Gasteiger partial charge on any atom is 0.410 e. The molecule has 1 unspecified atom stereocenters. The number of sulfonamides is 2. The summed E-state index contributed by atoms with van der Waals surface area (Å²) >= 11 is 1.96. The van der Waals surface area contributed by atoms with Crippen LogP contribution in [0.1, 0.15) is 43.9 Å². The lowest BCUT2D eigenvalue weighted by Gasteiger charge is -2.26. The average molecular weight is 960 g/mol. The first-order valence-corrected chi connectivity index (χ1v) is 22.5. The van der Waals surface area contributed by atoms with E-state index in [1.165, 1.54) is 40.4 Å². The first kappa shape index (κ1) is 43.7. The van der Waals surface area contributed by atoms with E-state index < -0.39 is 47.6 Å². The molecule has 1 aliphatic heterocycles. The van der Waals surface area contributed by atoms with Gasteiger partial charge in [0, 0.05) is 35.8 Å². The molecule has 0 spiro atoms. The van der Waals surface area contributed by atoms with Crippen molar-refractivity contribution < 1.29 is 40.6 Å². The maximum atomic E-state index is 15.5. The van der Waals surface area contributed by atoms with Gasteiger partial charge < -0.3 is 23.8 Å². The van der Waals surface area contributed by atoms with E-state index in [9.17, 15) is 13.2 Å². The zero-order chi connectivity index (χ0) is 42.5. The molecule has 2 heterocycles. The molecular weight excluding hydrogens is 914 g/mol. The van der Waals surface area contributed by atoms with Crippen molar-refractivity contribution in [2.24, 2.45) is 0 Å². The summed E-state index contributed by atoms with van der Waals surface area (Å²) in [6, 6.07) is 23.1. The normalized spacial score (nSPS) is 14.7. The lowest BCUT2D eigenvalue weighted by atomic mass is 10.2. The van der Waals surface area contributed by atoms with Gasteiger partial charge in [-0.2, -0.15) is 9.10 Å². The Morgan fingerprint density at radius 3 is 1.85 bits per heavy atom. The summed E-state index contributed by atoms with van der Waals surface area (Å²) in [7, 11) is -4.71. The Labute approximate surface area is 358 Å². The molecule has 314 valence electrons. The van der Waals surface area contributed by atoms with Gasteiger partial charge in [-0.05, 0) is 120 Å². The highest BCUT2D eigenvalue weighted by molar-refractivity contribution is 14.1. The standard InChI is InChI=1S/C40H46IN7O9S2/c1-40(2,3)57-39(49)46-22-21-30(26-46)44-58(50,51)35-20-19-34(41)36(38-42-45-48(43-38)25-29-11-17-33(56-6)18-12-29)37(35)59(52,53)47(23-27-7-13-31(54-4)14-8-27)24-28-9-15-32(55-5)16-10-28/h7-20,30,44H,21-26H2,1-6H3. The van der Waals surface area contributed by atoms with Crippen molar-refractivity contribution >= 4 is 48.7 Å². The van der Waals surface area contributed by atoms with Gasteiger partial charge in [-0.15, -0.1) is 10.2 Å². The molecule has 0 saturated carbocycles. The number of carbonyl (C=O) groups excluding carboxylic acids is 1. The highest BCUT2D eigenvalue weighted by Gasteiger charge is 2.39. The van der Waals surface area contributed by atoms with E-state index in [4.69, 9.17) is 18.9 Å². The molecule has 0 bridgehead atoms. The highest BCUT2D eigenvalue weighted by atomic mass is 127. The minimum Gasteiger partial charge on any atom is -0.497 e. The molecule has 6 rings (SSSR count). The number of hydrogen-bond donors (Lipinski definition) is 1. The van der Waals surface area contributed by atoms with Gasteiger partial charge in [-0.25, -0.2) is 26.4 Å². The minimum absolute atomic E-state index is 0.0236. The van der Waals surface area contributed by atoms with Crippen molar-refractivity contribution in [2.75, 3.05) is 34.4 Å². The van der Waals surface area contributed by atoms with E-state index in [1.807, 2.05) is 34.7 Å². The summed E-state index contributed by atoms with van der Waals surface area (Å²) in [4.78, 5) is 14.6. The molecule has 1 aliphatic rings. The van der Waals surface area contributed by atoms with E-state index in [-0.39, 0.29) is 50.5 Å². The Balaban J connectivity index is 1.46. The van der Waals surface area contributed by atoms with Crippen LogP contribution >= 0.6 is 22.6 Å². The summed E-state index contributed by atoms with van der Waals surface area (Å²) in [5, 5.41) is 13.1. The van der Waals surface area contributed by atoms with Crippen LogP contribution in [0.4, 0.5) is 4.79 Å². The number of aromatic nitrogens is 4. The lowest BCUT2D eigenvalue weighted by Crippen LogP contribution is -2.41. The van der Waals surface area contributed by atoms with Crippen LogP contribution in [0.3, 0.4) is 0 Å². The highest BCUT2D eigenvalue weighted by Crippen LogP contribution is 2.38. The van der Waals surface area contributed by atoms with Crippen LogP contribution in [0.15, 0.2) is 94.7 Å². The van der Waals surface area contributed by atoms with Gasteiger partial charge >= 0.3 is 6.09 Å². The van der Waals surface area contributed by atoms with Gasteiger partial charge in [0.05, 0.1) is 33.4 Å². The maximum absolute atomic E-state index is 15.5. The molecule has 4 aromatic carbocycles. The first-order chi connectivity index (χ1) is 28.0. The molecule has 0 aliphatic carbocycles. The van der Waals surface area contributed by atoms with Crippen molar-refractivity contribution in [1.29, 1.82) is 0 Å². The van der Waals surface area contributed by atoms with Crippen LogP contribution < -0.4 is 18.9 Å². The second kappa shape index (κ2) is 18.2. The van der Waals surface area contributed by atoms with Gasteiger partial charge in [-0.1, -0.05) is 36.4 Å². The molecule has 1 atom stereocenters. The first-order valence-electron chi connectivity index (χ1n) is 18.5. The summed E-state index contributed by atoms with van der Waals surface area (Å²) in [5.41, 5.74) is 1.28. The quantitative estimate of drug-likeness (QED) is 0.127. The van der Waals surface area contributed by atoms with Crippen molar-refractivity contribution in [3.63, 3.8) is 0 Å². The van der Waals surface area contributed by atoms with Gasteiger partial charge in [0.2, 0.25) is 25.9 Å². The molecule has 59 heavy (non-hydrogen) atoms. The number of rotatable bonds is 15. The molecule has 19 heteroatoms. The molecule has 1 N–H and O–H groups in total. The minimum atomic E-state index is -4.75. The fourth-order valence-corrected chi connectivity index (χ4v) is 10.9. The number of methoxy groups -OCH3 is 3. The van der Waals surface area contributed by atoms with Gasteiger partial charge in [-0.3, -0.25) is 0 Å². The van der Waals surface area contributed by atoms with E-state index in [1.54, 1.807) is 88.5 Å². The largest absolute Gasteiger partial charge is 0.497 e. The van der Waals surface area contributed by atoms with Crippen LogP contribution in [0.25, 0.3) is 11.4 Å². The number of ether oxygens (including phenoxy) is 4. The molecule has 1 saturated heterocycles. The summed E-state index contributed by atoms with van der Waals surface area (Å²) in [5.74, 6) is 1.74. The lowest BCUT2D eigenvalue weighted by molar-refractivity contribution is 0.0292. The third kappa shape index (κ3) is 10.7. The van der Waals surface area contributed by atoms with Crippen LogP contribution in [-0.4, -0.2) is 98.4 Å². The molecule has 1 amide bonds. The van der Waals surface area contributed by atoms with Crippen molar-refractivity contribution in [1.82, 2.24) is 34.1 Å². The number of nitrogens with zero attached hydrogens (tertiary/aromatic N) is 6. The molecule has 16 nitrogen and oxygen atoms in total. The second-order valence-electron chi connectivity index (χ2n) is 14.7. The summed E-state index contributed by atoms with van der Waals surface area (Å²) in [6.45, 7) is 5.41. The van der Waals surface area contributed by atoms with Crippen LogP contribution in [-0.2, 0) is 44.4 Å². The molecule has 5 aromatic rings. The van der Waals surface area contributed by atoms with Crippen LogP contribution in [0.2, 0.25) is 0 Å². The molecule has 0 radical (unpaired) electrons. The molecule has 1 fully saturated rings. The van der Waals surface area contributed by atoms with Gasteiger partial charge in [0.25, 0.3) is 0 Å². The Morgan fingerprint density at radius 1 is 0.814 bits per heavy atom. The second-order valence-corrected chi connectivity index (χ2v) is 19.5. The third-order valence-electron chi connectivity index (χ3n) is 9.32. The molecular formula is C40H46IN7O9S2. The van der Waals surface area contributed by atoms with E-state index in [2.05, 4.69) is 20.1 Å². The summed E-state index contributed by atoms with van der Waals surface area (Å²) < 4.78 is 85.9. The summed E-state index contributed by atoms with van der Waals surface area (Å²) in [6.07, 6.45) is -0.296. The predicted octanol–water partition coefficient (Wildman–Crippen LogP) is 5.70. The fraction of sp³-hybridized carbons (Fsp3) is 0.350.